The largest absolute Gasteiger partial charge is 0.374 e. The summed E-state index contributed by atoms with van der Waals surface area (Å²) in [6.07, 6.45) is 6.55. The van der Waals surface area contributed by atoms with E-state index in [9.17, 15) is 0 Å². The highest BCUT2D eigenvalue weighted by atomic mass is 32.2. The van der Waals surface area contributed by atoms with E-state index in [2.05, 4.69) is 16.5 Å². The molecular formula is C12H24N2OS. The highest BCUT2D eigenvalue weighted by molar-refractivity contribution is 7.98. The van der Waals surface area contributed by atoms with E-state index in [1.807, 2.05) is 11.8 Å². The van der Waals surface area contributed by atoms with Crippen LogP contribution >= 0.6 is 11.8 Å². The van der Waals surface area contributed by atoms with Crippen LogP contribution < -0.4 is 5.32 Å². The number of hydrogen-bond donors (Lipinski definition) is 1. The molecule has 94 valence electrons. The Morgan fingerprint density at radius 3 is 3.31 bits per heavy atom. The first kappa shape index (κ1) is 12.7. The molecule has 2 atom stereocenters. The Balaban J connectivity index is 1.56. The summed E-state index contributed by atoms with van der Waals surface area (Å²) in [6, 6.07) is 0.729. The SMILES string of the molecule is CSCCCNCC1CN2CCCC2CO1. The van der Waals surface area contributed by atoms with Crippen LogP contribution in [-0.4, -0.2) is 61.8 Å². The Kier molecular flexibility index (Phi) is 5.42. The molecule has 0 bridgehead atoms. The predicted molar refractivity (Wildman–Crippen MR) is 70.2 cm³/mol. The summed E-state index contributed by atoms with van der Waals surface area (Å²) in [5.74, 6) is 1.26. The Labute approximate surface area is 103 Å². The lowest BCUT2D eigenvalue weighted by molar-refractivity contribution is -0.0468. The highest BCUT2D eigenvalue weighted by Crippen LogP contribution is 2.22. The van der Waals surface area contributed by atoms with Gasteiger partial charge in [-0.15, -0.1) is 0 Å². The highest BCUT2D eigenvalue weighted by Gasteiger charge is 2.31. The third kappa shape index (κ3) is 3.62. The van der Waals surface area contributed by atoms with Gasteiger partial charge in [0.15, 0.2) is 0 Å². The van der Waals surface area contributed by atoms with Crippen molar-refractivity contribution in [3.8, 4) is 0 Å². The van der Waals surface area contributed by atoms with Crippen LogP contribution in [0.25, 0.3) is 0 Å². The van der Waals surface area contributed by atoms with E-state index in [0.29, 0.717) is 6.10 Å². The number of morpholine rings is 1. The fourth-order valence-corrected chi connectivity index (χ4v) is 3.05. The van der Waals surface area contributed by atoms with Gasteiger partial charge in [0.1, 0.15) is 0 Å². The molecule has 0 aromatic carbocycles. The summed E-state index contributed by atoms with van der Waals surface area (Å²) in [4.78, 5) is 2.61. The number of rotatable bonds is 6. The van der Waals surface area contributed by atoms with Gasteiger partial charge in [-0.1, -0.05) is 0 Å². The monoisotopic (exact) mass is 244 g/mol. The fourth-order valence-electron chi connectivity index (χ4n) is 2.61. The van der Waals surface area contributed by atoms with Crippen LogP contribution in [0, 0.1) is 0 Å². The summed E-state index contributed by atoms with van der Waals surface area (Å²) in [6.45, 7) is 5.54. The molecule has 0 amide bonds. The Morgan fingerprint density at radius 2 is 2.44 bits per heavy atom. The fraction of sp³-hybridized carbons (Fsp3) is 1.00. The zero-order valence-electron chi connectivity index (χ0n) is 10.3. The molecule has 0 aliphatic carbocycles. The van der Waals surface area contributed by atoms with Crippen LogP contribution in [-0.2, 0) is 4.74 Å². The van der Waals surface area contributed by atoms with Crippen LogP contribution in [0.5, 0.6) is 0 Å². The van der Waals surface area contributed by atoms with Crippen molar-refractivity contribution in [2.24, 2.45) is 0 Å². The minimum atomic E-state index is 0.420. The van der Waals surface area contributed by atoms with E-state index in [-0.39, 0.29) is 0 Å². The second-order valence-corrected chi connectivity index (χ2v) is 5.78. The molecular weight excluding hydrogens is 220 g/mol. The number of ether oxygens (including phenoxy) is 1. The van der Waals surface area contributed by atoms with Crippen molar-refractivity contribution in [2.75, 3.05) is 44.8 Å². The normalized spacial score (nSPS) is 30.6. The molecule has 2 unspecified atom stereocenters. The minimum Gasteiger partial charge on any atom is -0.374 e. The zero-order chi connectivity index (χ0) is 11.2. The van der Waals surface area contributed by atoms with Gasteiger partial charge in [0.25, 0.3) is 0 Å². The molecule has 0 radical (unpaired) electrons. The van der Waals surface area contributed by atoms with Crippen LogP contribution in [0.4, 0.5) is 0 Å². The average molecular weight is 244 g/mol. The van der Waals surface area contributed by atoms with Crippen LogP contribution in [0.3, 0.4) is 0 Å². The number of hydrogen-bond acceptors (Lipinski definition) is 4. The molecule has 3 nitrogen and oxygen atoms in total. The third-order valence-electron chi connectivity index (χ3n) is 3.54. The van der Waals surface area contributed by atoms with Gasteiger partial charge < -0.3 is 10.1 Å². The first-order chi connectivity index (χ1) is 7.90. The van der Waals surface area contributed by atoms with Crippen molar-refractivity contribution in [2.45, 2.75) is 31.4 Å². The van der Waals surface area contributed by atoms with Crippen LogP contribution in [0.2, 0.25) is 0 Å². The van der Waals surface area contributed by atoms with Crippen molar-refractivity contribution in [1.82, 2.24) is 10.2 Å². The van der Waals surface area contributed by atoms with Gasteiger partial charge in [-0.3, -0.25) is 4.90 Å². The van der Waals surface area contributed by atoms with E-state index in [1.54, 1.807) is 0 Å². The van der Waals surface area contributed by atoms with Crippen molar-refractivity contribution < 1.29 is 4.74 Å². The lowest BCUT2D eigenvalue weighted by atomic mass is 10.2. The molecule has 1 N–H and O–H groups in total. The van der Waals surface area contributed by atoms with E-state index in [1.165, 1.54) is 31.6 Å². The molecule has 0 spiro atoms. The smallest absolute Gasteiger partial charge is 0.0826 e. The molecule has 2 saturated heterocycles. The Morgan fingerprint density at radius 1 is 1.50 bits per heavy atom. The molecule has 2 rings (SSSR count). The van der Waals surface area contributed by atoms with E-state index < -0.39 is 0 Å². The summed E-state index contributed by atoms with van der Waals surface area (Å²) in [7, 11) is 0. The van der Waals surface area contributed by atoms with Gasteiger partial charge in [0.2, 0.25) is 0 Å². The summed E-state index contributed by atoms with van der Waals surface area (Å²) < 4.78 is 5.89. The quantitative estimate of drug-likeness (QED) is 0.710. The van der Waals surface area contributed by atoms with Gasteiger partial charge in [-0.05, 0) is 44.4 Å². The second kappa shape index (κ2) is 6.84. The first-order valence-electron chi connectivity index (χ1n) is 6.45. The zero-order valence-corrected chi connectivity index (χ0v) is 11.1. The number of nitrogens with one attached hydrogen (secondary N) is 1. The summed E-state index contributed by atoms with van der Waals surface area (Å²) in [5.41, 5.74) is 0. The molecule has 2 heterocycles. The van der Waals surface area contributed by atoms with Gasteiger partial charge in [-0.2, -0.15) is 11.8 Å². The van der Waals surface area contributed by atoms with E-state index >= 15 is 0 Å². The molecule has 16 heavy (non-hydrogen) atoms. The topological polar surface area (TPSA) is 24.5 Å². The maximum Gasteiger partial charge on any atom is 0.0826 e. The molecule has 0 aromatic rings. The lowest BCUT2D eigenvalue weighted by Crippen LogP contribution is -2.49. The number of fused-ring (bicyclic) bond motifs is 1. The minimum absolute atomic E-state index is 0.420. The number of nitrogens with zero attached hydrogens (tertiary/aromatic N) is 1. The van der Waals surface area contributed by atoms with Gasteiger partial charge in [-0.25, -0.2) is 0 Å². The van der Waals surface area contributed by atoms with Crippen LogP contribution in [0.15, 0.2) is 0 Å². The maximum atomic E-state index is 5.89. The summed E-state index contributed by atoms with van der Waals surface area (Å²) in [5, 5.41) is 3.50. The predicted octanol–water partition coefficient (Wildman–Crippen LogP) is 1.19. The van der Waals surface area contributed by atoms with Crippen molar-refractivity contribution in [3.05, 3.63) is 0 Å². The molecule has 4 heteroatoms. The van der Waals surface area contributed by atoms with Crippen molar-refractivity contribution in [1.29, 1.82) is 0 Å². The molecule has 2 fully saturated rings. The molecule has 0 saturated carbocycles. The van der Waals surface area contributed by atoms with Crippen molar-refractivity contribution >= 4 is 11.8 Å². The van der Waals surface area contributed by atoms with Crippen LogP contribution in [0.1, 0.15) is 19.3 Å². The van der Waals surface area contributed by atoms with Gasteiger partial charge >= 0.3 is 0 Å². The third-order valence-corrected chi connectivity index (χ3v) is 4.23. The molecule has 2 aliphatic heterocycles. The summed E-state index contributed by atoms with van der Waals surface area (Å²) >= 11 is 1.92. The number of thioether (sulfide) groups is 1. The average Bonchev–Trinajstić information content (AvgIpc) is 2.76. The standard InChI is InChI=1S/C12H24N2OS/c1-16-7-3-5-13-8-12-9-14-6-2-4-11(14)10-15-12/h11-13H,2-10H2,1H3. The van der Waals surface area contributed by atoms with Crippen molar-refractivity contribution in [3.63, 3.8) is 0 Å². The molecule has 2 aliphatic rings. The van der Waals surface area contributed by atoms with Gasteiger partial charge in [0, 0.05) is 19.1 Å². The van der Waals surface area contributed by atoms with E-state index in [4.69, 9.17) is 4.74 Å². The molecule has 0 aromatic heterocycles. The Bertz CT molecular complexity index is 203. The first-order valence-corrected chi connectivity index (χ1v) is 7.85. The maximum absolute atomic E-state index is 5.89. The second-order valence-electron chi connectivity index (χ2n) is 4.80. The Hall–Kier alpha value is 0.230. The van der Waals surface area contributed by atoms with Gasteiger partial charge in [0.05, 0.1) is 12.7 Å². The lowest BCUT2D eigenvalue weighted by Gasteiger charge is -2.35. The van der Waals surface area contributed by atoms with E-state index in [0.717, 1.165) is 32.3 Å².